The predicted octanol–water partition coefficient (Wildman–Crippen LogP) is 3.23. The highest BCUT2D eigenvalue weighted by atomic mass is 79.9. The van der Waals surface area contributed by atoms with Crippen LogP contribution in [0, 0.1) is 0 Å². The van der Waals surface area contributed by atoms with E-state index in [9.17, 15) is 4.79 Å². The standard InChI is InChI=1S/C16H15BrN2O/c17-14-6-5-11(9-15(14)18)10-19-8-7-12-3-1-2-4-13(12)16(19)20/h1-6,9H,7-8,10,18H2. The summed E-state index contributed by atoms with van der Waals surface area (Å²) in [6.45, 7) is 1.36. The number of nitrogens with zero attached hydrogens (tertiary/aromatic N) is 1. The summed E-state index contributed by atoms with van der Waals surface area (Å²) in [7, 11) is 0. The molecule has 0 spiro atoms. The molecule has 0 unspecified atom stereocenters. The van der Waals surface area contributed by atoms with Gasteiger partial charge in [0.15, 0.2) is 0 Å². The van der Waals surface area contributed by atoms with Gasteiger partial charge < -0.3 is 10.6 Å². The van der Waals surface area contributed by atoms with E-state index in [4.69, 9.17) is 5.73 Å². The van der Waals surface area contributed by atoms with Crippen LogP contribution in [0.1, 0.15) is 21.5 Å². The van der Waals surface area contributed by atoms with E-state index in [2.05, 4.69) is 15.9 Å². The molecule has 0 fully saturated rings. The van der Waals surface area contributed by atoms with Gasteiger partial charge in [-0.3, -0.25) is 4.79 Å². The number of rotatable bonds is 2. The van der Waals surface area contributed by atoms with E-state index in [-0.39, 0.29) is 5.91 Å². The molecule has 2 aromatic carbocycles. The summed E-state index contributed by atoms with van der Waals surface area (Å²) in [4.78, 5) is 14.3. The van der Waals surface area contributed by atoms with Gasteiger partial charge in [-0.15, -0.1) is 0 Å². The third-order valence-electron chi connectivity index (χ3n) is 3.62. The maximum Gasteiger partial charge on any atom is 0.254 e. The van der Waals surface area contributed by atoms with E-state index in [1.807, 2.05) is 47.4 Å². The van der Waals surface area contributed by atoms with Gasteiger partial charge in [-0.2, -0.15) is 0 Å². The van der Waals surface area contributed by atoms with E-state index in [0.717, 1.165) is 34.1 Å². The molecule has 3 nitrogen and oxygen atoms in total. The van der Waals surface area contributed by atoms with Crippen molar-refractivity contribution in [1.82, 2.24) is 4.90 Å². The van der Waals surface area contributed by atoms with Crippen molar-refractivity contribution in [1.29, 1.82) is 0 Å². The molecule has 0 atom stereocenters. The molecule has 1 heterocycles. The normalized spacial score (nSPS) is 14.2. The largest absolute Gasteiger partial charge is 0.398 e. The van der Waals surface area contributed by atoms with Gasteiger partial charge >= 0.3 is 0 Å². The lowest BCUT2D eigenvalue weighted by atomic mass is 9.98. The number of anilines is 1. The molecule has 1 aliphatic rings. The van der Waals surface area contributed by atoms with E-state index >= 15 is 0 Å². The Labute approximate surface area is 126 Å². The predicted molar refractivity (Wildman–Crippen MR) is 83.4 cm³/mol. The first-order valence-corrected chi connectivity index (χ1v) is 7.35. The fraction of sp³-hybridized carbons (Fsp3) is 0.188. The zero-order chi connectivity index (χ0) is 14.1. The Morgan fingerprint density at radius 3 is 2.80 bits per heavy atom. The van der Waals surface area contributed by atoms with E-state index in [1.54, 1.807) is 0 Å². The van der Waals surface area contributed by atoms with Gasteiger partial charge in [0.05, 0.1) is 0 Å². The lowest BCUT2D eigenvalue weighted by molar-refractivity contribution is 0.0727. The Morgan fingerprint density at radius 1 is 1.20 bits per heavy atom. The van der Waals surface area contributed by atoms with Gasteiger partial charge in [-0.1, -0.05) is 24.3 Å². The second kappa shape index (κ2) is 5.29. The van der Waals surface area contributed by atoms with Gasteiger partial charge in [0.2, 0.25) is 0 Å². The van der Waals surface area contributed by atoms with E-state index < -0.39 is 0 Å². The van der Waals surface area contributed by atoms with Crippen LogP contribution in [0.2, 0.25) is 0 Å². The molecule has 1 amide bonds. The third kappa shape index (κ3) is 2.43. The van der Waals surface area contributed by atoms with Crippen LogP contribution < -0.4 is 5.73 Å². The smallest absolute Gasteiger partial charge is 0.254 e. The highest BCUT2D eigenvalue weighted by Crippen LogP contribution is 2.24. The van der Waals surface area contributed by atoms with Crippen molar-refractivity contribution >= 4 is 27.5 Å². The van der Waals surface area contributed by atoms with Crippen LogP contribution in [0.25, 0.3) is 0 Å². The van der Waals surface area contributed by atoms with Gasteiger partial charge in [0.25, 0.3) is 5.91 Å². The topological polar surface area (TPSA) is 46.3 Å². The summed E-state index contributed by atoms with van der Waals surface area (Å²) >= 11 is 3.38. The van der Waals surface area contributed by atoms with Gasteiger partial charge in [0.1, 0.15) is 0 Å². The fourth-order valence-electron chi connectivity index (χ4n) is 2.54. The number of hydrogen-bond donors (Lipinski definition) is 1. The number of carbonyl (C=O) groups is 1. The number of nitrogens with two attached hydrogens (primary N) is 1. The number of nitrogen functional groups attached to an aromatic ring is 1. The minimum Gasteiger partial charge on any atom is -0.398 e. The minimum atomic E-state index is 0.105. The molecule has 1 aliphatic heterocycles. The number of amides is 1. The molecule has 0 saturated heterocycles. The number of halogens is 1. The Balaban J connectivity index is 1.83. The van der Waals surface area contributed by atoms with Crippen LogP contribution in [0.4, 0.5) is 5.69 Å². The summed E-state index contributed by atoms with van der Waals surface area (Å²) in [6, 6.07) is 13.7. The summed E-state index contributed by atoms with van der Waals surface area (Å²) in [6.07, 6.45) is 0.911. The second-order valence-electron chi connectivity index (χ2n) is 4.99. The Hall–Kier alpha value is -1.81. The Morgan fingerprint density at radius 2 is 2.00 bits per heavy atom. The Bertz CT molecular complexity index is 669. The third-order valence-corrected chi connectivity index (χ3v) is 4.34. The molecule has 102 valence electrons. The molecule has 2 N–H and O–H groups in total. The van der Waals surface area contributed by atoms with Crippen molar-refractivity contribution in [2.75, 3.05) is 12.3 Å². The van der Waals surface area contributed by atoms with Crippen molar-refractivity contribution < 1.29 is 4.79 Å². The zero-order valence-corrected chi connectivity index (χ0v) is 12.6. The van der Waals surface area contributed by atoms with Crippen LogP contribution in [0.3, 0.4) is 0 Å². The molecular weight excluding hydrogens is 316 g/mol. The summed E-state index contributed by atoms with van der Waals surface area (Å²) < 4.78 is 0.886. The summed E-state index contributed by atoms with van der Waals surface area (Å²) in [5, 5.41) is 0. The number of carbonyl (C=O) groups excluding carboxylic acids is 1. The molecule has 0 aliphatic carbocycles. The van der Waals surface area contributed by atoms with Gasteiger partial charge in [-0.05, 0) is 51.7 Å². The van der Waals surface area contributed by atoms with Crippen LogP contribution in [0.15, 0.2) is 46.9 Å². The molecule has 4 heteroatoms. The quantitative estimate of drug-likeness (QED) is 0.859. The lowest BCUT2D eigenvalue weighted by Crippen LogP contribution is -2.36. The van der Waals surface area contributed by atoms with Gasteiger partial charge in [-0.25, -0.2) is 0 Å². The lowest BCUT2D eigenvalue weighted by Gasteiger charge is -2.28. The van der Waals surface area contributed by atoms with Crippen molar-refractivity contribution in [2.24, 2.45) is 0 Å². The monoisotopic (exact) mass is 330 g/mol. The van der Waals surface area contributed by atoms with Crippen LogP contribution in [-0.4, -0.2) is 17.4 Å². The average Bonchev–Trinajstić information content (AvgIpc) is 2.46. The highest BCUT2D eigenvalue weighted by Gasteiger charge is 2.23. The zero-order valence-electron chi connectivity index (χ0n) is 11.0. The summed E-state index contributed by atoms with van der Waals surface area (Å²) in [5.74, 6) is 0.105. The molecule has 2 aromatic rings. The second-order valence-corrected chi connectivity index (χ2v) is 5.84. The van der Waals surface area contributed by atoms with Crippen LogP contribution in [-0.2, 0) is 13.0 Å². The highest BCUT2D eigenvalue weighted by molar-refractivity contribution is 9.10. The molecule has 0 aromatic heterocycles. The van der Waals surface area contributed by atoms with E-state index in [0.29, 0.717) is 12.2 Å². The fourth-order valence-corrected chi connectivity index (χ4v) is 2.78. The molecule has 0 saturated carbocycles. The maximum absolute atomic E-state index is 12.5. The van der Waals surface area contributed by atoms with Crippen molar-refractivity contribution in [3.8, 4) is 0 Å². The van der Waals surface area contributed by atoms with Crippen LogP contribution >= 0.6 is 15.9 Å². The molecule has 0 bridgehead atoms. The number of benzene rings is 2. The SMILES string of the molecule is Nc1cc(CN2CCc3ccccc3C2=O)ccc1Br. The molecule has 20 heavy (non-hydrogen) atoms. The summed E-state index contributed by atoms with van der Waals surface area (Å²) in [5.41, 5.74) is 9.61. The molecule has 3 rings (SSSR count). The maximum atomic E-state index is 12.5. The Kier molecular flexibility index (Phi) is 3.49. The van der Waals surface area contributed by atoms with Gasteiger partial charge in [0, 0.05) is 28.8 Å². The average molecular weight is 331 g/mol. The number of fused-ring (bicyclic) bond motifs is 1. The van der Waals surface area contributed by atoms with Crippen molar-refractivity contribution in [3.05, 3.63) is 63.6 Å². The first-order valence-electron chi connectivity index (χ1n) is 6.56. The van der Waals surface area contributed by atoms with Crippen molar-refractivity contribution in [3.63, 3.8) is 0 Å². The number of hydrogen-bond acceptors (Lipinski definition) is 2. The first-order chi connectivity index (χ1) is 9.65. The van der Waals surface area contributed by atoms with Crippen LogP contribution in [0.5, 0.6) is 0 Å². The van der Waals surface area contributed by atoms with Crippen molar-refractivity contribution in [2.45, 2.75) is 13.0 Å². The molecular formula is C16H15BrN2O. The minimum absolute atomic E-state index is 0.105. The molecule has 0 radical (unpaired) electrons. The van der Waals surface area contributed by atoms with E-state index in [1.165, 1.54) is 0 Å². The first kappa shape index (κ1) is 13.2.